The maximum absolute atomic E-state index is 11.9. The number of hydrogen-bond acceptors (Lipinski definition) is 3. The summed E-state index contributed by atoms with van der Waals surface area (Å²) in [5.74, 6) is 0.255. The van der Waals surface area contributed by atoms with Crippen LogP contribution in [0.5, 0.6) is 0 Å². The number of amides is 1. The molecule has 1 aromatic carbocycles. The third-order valence-corrected chi connectivity index (χ3v) is 3.00. The van der Waals surface area contributed by atoms with Gasteiger partial charge in [0.1, 0.15) is 11.5 Å². The molecule has 0 atom stereocenters. The largest absolute Gasteiger partial charge is 0.305 e. The first-order valence-electron chi connectivity index (χ1n) is 6.01. The lowest BCUT2D eigenvalue weighted by Crippen LogP contribution is -2.24. The molecule has 2 aromatic rings. The van der Waals surface area contributed by atoms with Gasteiger partial charge in [-0.25, -0.2) is 4.99 Å². The summed E-state index contributed by atoms with van der Waals surface area (Å²) >= 11 is 5.93. The number of hydrogen-bond donors (Lipinski definition) is 1. The Kier molecular flexibility index (Phi) is 3.31. The maximum atomic E-state index is 11.9. The number of aliphatic imine (C=N–C) groups is 1. The minimum atomic E-state index is -0.245. The number of amidine groups is 1. The fourth-order valence-corrected chi connectivity index (χ4v) is 2.03. The smallest absolute Gasteiger partial charge is 0.275 e. The first-order valence-corrected chi connectivity index (χ1v) is 6.39. The third-order valence-electron chi connectivity index (χ3n) is 2.77. The molecule has 2 heterocycles. The molecule has 0 aliphatic carbocycles. The van der Waals surface area contributed by atoms with E-state index in [1.807, 2.05) is 30.3 Å². The molecular formula is C15H10ClN3O. The van der Waals surface area contributed by atoms with E-state index < -0.39 is 0 Å². The van der Waals surface area contributed by atoms with Crippen LogP contribution in [0.4, 0.5) is 0 Å². The number of rotatable bonds is 2. The molecule has 0 saturated carbocycles. The number of pyridine rings is 1. The quantitative estimate of drug-likeness (QED) is 0.862. The highest BCUT2D eigenvalue weighted by molar-refractivity contribution is 6.31. The van der Waals surface area contributed by atoms with Crippen LogP contribution in [0.1, 0.15) is 11.3 Å². The average Bonchev–Trinajstić information content (AvgIpc) is 2.81. The molecule has 5 heteroatoms. The van der Waals surface area contributed by atoms with Crippen molar-refractivity contribution in [3.05, 3.63) is 70.6 Å². The molecule has 4 nitrogen and oxygen atoms in total. The van der Waals surface area contributed by atoms with E-state index in [0.29, 0.717) is 22.2 Å². The van der Waals surface area contributed by atoms with Crippen LogP contribution in [0, 0.1) is 0 Å². The summed E-state index contributed by atoms with van der Waals surface area (Å²) in [6.07, 6.45) is 3.31. The van der Waals surface area contributed by atoms with Gasteiger partial charge < -0.3 is 5.32 Å². The van der Waals surface area contributed by atoms with Gasteiger partial charge in [0.2, 0.25) is 0 Å². The Labute approximate surface area is 120 Å². The number of benzene rings is 1. The highest BCUT2D eigenvalue weighted by Crippen LogP contribution is 2.16. The van der Waals surface area contributed by atoms with Crippen molar-refractivity contribution in [2.75, 3.05) is 0 Å². The second-order valence-corrected chi connectivity index (χ2v) is 4.65. The minimum absolute atomic E-state index is 0.245. The van der Waals surface area contributed by atoms with Gasteiger partial charge in [-0.05, 0) is 30.3 Å². The van der Waals surface area contributed by atoms with Gasteiger partial charge in [-0.3, -0.25) is 9.78 Å². The van der Waals surface area contributed by atoms with Crippen LogP contribution < -0.4 is 5.32 Å². The summed E-state index contributed by atoms with van der Waals surface area (Å²) in [7, 11) is 0. The lowest BCUT2D eigenvalue weighted by molar-refractivity contribution is -0.115. The summed E-state index contributed by atoms with van der Waals surface area (Å²) in [4.78, 5) is 20.3. The van der Waals surface area contributed by atoms with E-state index >= 15 is 0 Å². The fraction of sp³-hybridized carbons (Fsp3) is 0. The van der Waals surface area contributed by atoms with E-state index in [1.165, 1.54) is 0 Å². The Morgan fingerprint density at radius 3 is 2.80 bits per heavy atom. The van der Waals surface area contributed by atoms with E-state index in [2.05, 4.69) is 15.3 Å². The van der Waals surface area contributed by atoms with Gasteiger partial charge in [-0.2, -0.15) is 0 Å². The zero-order chi connectivity index (χ0) is 13.9. The summed E-state index contributed by atoms with van der Waals surface area (Å²) in [5, 5.41) is 3.32. The molecule has 1 N–H and O–H groups in total. The topological polar surface area (TPSA) is 54.4 Å². The van der Waals surface area contributed by atoms with Crippen molar-refractivity contribution < 1.29 is 4.79 Å². The van der Waals surface area contributed by atoms with Gasteiger partial charge in [0, 0.05) is 16.8 Å². The molecule has 1 aliphatic rings. The molecule has 1 aromatic heterocycles. The number of aromatic nitrogens is 1. The zero-order valence-electron chi connectivity index (χ0n) is 10.4. The molecule has 0 saturated heterocycles. The van der Waals surface area contributed by atoms with E-state index in [-0.39, 0.29) is 5.91 Å². The van der Waals surface area contributed by atoms with Crippen LogP contribution in [0.3, 0.4) is 0 Å². The molecule has 98 valence electrons. The third kappa shape index (κ3) is 2.60. The van der Waals surface area contributed by atoms with Crippen molar-refractivity contribution in [3.8, 4) is 0 Å². The lowest BCUT2D eigenvalue weighted by Gasteiger charge is -2.00. The van der Waals surface area contributed by atoms with Crippen LogP contribution in [-0.4, -0.2) is 16.7 Å². The molecule has 0 fully saturated rings. The zero-order valence-corrected chi connectivity index (χ0v) is 11.1. The molecule has 3 rings (SSSR count). The Balaban J connectivity index is 1.95. The van der Waals surface area contributed by atoms with Crippen molar-refractivity contribution >= 4 is 29.4 Å². The van der Waals surface area contributed by atoms with E-state index in [9.17, 15) is 4.79 Å². The summed E-state index contributed by atoms with van der Waals surface area (Å²) < 4.78 is 0. The van der Waals surface area contributed by atoms with Crippen LogP contribution in [0.15, 0.2) is 59.4 Å². The van der Waals surface area contributed by atoms with Gasteiger partial charge in [-0.15, -0.1) is 0 Å². The summed E-state index contributed by atoms with van der Waals surface area (Å²) in [6.45, 7) is 0. The lowest BCUT2D eigenvalue weighted by atomic mass is 10.2. The SMILES string of the molecule is O=C1NC(c2cccc(Cl)c2)=N/C1=C/c1ccccn1. The summed E-state index contributed by atoms with van der Waals surface area (Å²) in [5.41, 5.74) is 1.79. The van der Waals surface area contributed by atoms with Gasteiger partial charge in [-0.1, -0.05) is 29.8 Å². The van der Waals surface area contributed by atoms with Crippen molar-refractivity contribution in [3.63, 3.8) is 0 Å². The van der Waals surface area contributed by atoms with Gasteiger partial charge in [0.25, 0.3) is 5.91 Å². The Bertz CT molecular complexity index is 723. The Morgan fingerprint density at radius 2 is 2.05 bits per heavy atom. The predicted octanol–water partition coefficient (Wildman–Crippen LogP) is 2.65. The highest BCUT2D eigenvalue weighted by atomic mass is 35.5. The molecular weight excluding hydrogens is 274 g/mol. The number of nitrogens with one attached hydrogen (secondary N) is 1. The second kappa shape index (κ2) is 5.27. The van der Waals surface area contributed by atoms with Crippen LogP contribution in [-0.2, 0) is 4.79 Å². The number of carbonyl (C=O) groups excluding carboxylic acids is 1. The van der Waals surface area contributed by atoms with Crippen LogP contribution in [0.2, 0.25) is 5.02 Å². The fourth-order valence-electron chi connectivity index (χ4n) is 1.84. The van der Waals surface area contributed by atoms with E-state index in [1.54, 1.807) is 24.4 Å². The molecule has 20 heavy (non-hydrogen) atoms. The van der Waals surface area contributed by atoms with Crippen molar-refractivity contribution in [2.45, 2.75) is 0 Å². The molecule has 0 bridgehead atoms. The average molecular weight is 284 g/mol. The highest BCUT2D eigenvalue weighted by Gasteiger charge is 2.21. The number of halogens is 1. The number of carbonyl (C=O) groups is 1. The molecule has 0 unspecified atom stereocenters. The first kappa shape index (κ1) is 12.6. The van der Waals surface area contributed by atoms with Crippen molar-refractivity contribution in [1.29, 1.82) is 0 Å². The van der Waals surface area contributed by atoms with Gasteiger partial charge in [0.15, 0.2) is 0 Å². The second-order valence-electron chi connectivity index (χ2n) is 4.21. The normalized spacial score (nSPS) is 16.1. The summed E-state index contributed by atoms with van der Waals surface area (Å²) in [6, 6.07) is 12.7. The molecule has 1 aliphatic heterocycles. The molecule has 1 amide bonds. The van der Waals surface area contributed by atoms with Crippen LogP contribution in [0.25, 0.3) is 6.08 Å². The Hall–Kier alpha value is -2.46. The maximum Gasteiger partial charge on any atom is 0.275 e. The van der Waals surface area contributed by atoms with E-state index in [0.717, 1.165) is 5.56 Å². The molecule has 0 radical (unpaired) electrons. The monoisotopic (exact) mass is 283 g/mol. The Morgan fingerprint density at radius 1 is 1.15 bits per heavy atom. The standard InChI is InChI=1S/C15H10ClN3O/c16-11-5-3-4-10(8-11)14-18-13(15(20)19-14)9-12-6-1-2-7-17-12/h1-9H,(H,18,19,20)/b13-9+. The predicted molar refractivity (Wildman–Crippen MR) is 78.3 cm³/mol. The van der Waals surface area contributed by atoms with Gasteiger partial charge in [0.05, 0.1) is 5.69 Å². The first-order chi connectivity index (χ1) is 9.72. The number of nitrogens with zero attached hydrogens (tertiary/aromatic N) is 2. The van der Waals surface area contributed by atoms with E-state index in [4.69, 9.17) is 11.6 Å². The minimum Gasteiger partial charge on any atom is -0.305 e. The van der Waals surface area contributed by atoms with Crippen molar-refractivity contribution in [1.82, 2.24) is 10.3 Å². The van der Waals surface area contributed by atoms with Crippen LogP contribution >= 0.6 is 11.6 Å². The molecule has 0 spiro atoms. The van der Waals surface area contributed by atoms with Crippen molar-refractivity contribution in [2.24, 2.45) is 4.99 Å². The van der Waals surface area contributed by atoms with Gasteiger partial charge >= 0.3 is 0 Å².